The van der Waals surface area contributed by atoms with Gasteiger partial charge in [0.15, 0.2) is 0 Å². The summed E-state index contributed by atoms with van der Waals surface area (Å²) in [7, 11) is 0. The number of hydrogen-bond donors (Lipinski definition) is 2. The van der Waals surface area contributed by atoms with E-state index in [4.69, 9.17) is 0 Å². The van der Waals surface area contributed by atoms with Crippen LogP contribution >= 0.6 is 0 Å². The lowest BCUT2D eigenvalue weighted by Crippen LogP contribution is -2.35. The number of aryl methyl sites for hydroxylation is 1. The second kappa shape index (κ2) is 6.40. The Morgan fingerprint density at radius 3 is 2.59 bits per heavy atom. The van der Waals surface area contributed by atoms with Gasteiger partial charge in [0, 0.05) is 12.1 Å². The number of amides is 1. The Balaban J connectivity index is 2.64. The van der Waals surface area contributed by atoms with Crippen LogP contribution in [0.2, 0.25) is 0 Å². The molecule has 17 heavy (non-hydrogen) atoms. The molecule has 0 bridgehead atoms. The molecule has 1 rings (SSSR count). The van der Waals surface area contributed by atoms with Crippen LogP contribution in [0.3, 0.4) is 0 Å². The van der Waals surface area contributed by atoms with E-state index in [1.807, 2.05) is 45.0 Å². The van der Waals surface area contributed by atoms with Gasteiger partial charge in [-0.2, -0.15) is 0 Å². The number of nitrogens with one attached hydrogen (secondary N) is 1. The first-order valence-electron chi connectivity index (χ1n) is 6.10. The summed E-state index contributed by atoms with van der Waals surface area (Å²) in [5.74, 6) is 0.0406. The fourth-order valence-electron chi connectivity index (χ4n) is 1.58. The molecule has 0 heterocycles. The third-order valence-corrected chi connectivity index (χ3v) is 2.88. The van der Waals surface area contributed by atoms with Crippen LogP contribution in [0.4, 0.5) is 0 Å². The van der Waals surface area contributed by atoms with E-state index in [1.54, 1.807) is 0 Å². The highest BCUT2D eigenvalue weighted by Crippen LogP contribution is 2.09. The molecular formula is C14H21NO2. The van der Waals surface area contributed by atoms with E-state index in [9.17, 15) is 9.90 Å². The average molecular weight is 235 g/mol. The third kappa shape index (κ3) is 3.86. The second-order valence-electron chi connectivity index (χ2n) is 4.53. The fourth-order valence-corrected chi connectivity index (χ4v) is 1.58. The minimum Gasteiger partial charge on any atom is -0.391 e. The van der Waals surface area contributed by atoms with Gasteiger partial charge in [-0.05, 0) is 24.0 Å². The fraction of sp³-hybridized carbons (Fsp3) is 0.500. The van der Waals surface area contributed by atoms with Crippen molar-refractivity contribution >= 4 is 5.91 Å². The number of carbonyl (C=O) groups is 1. The zero-order valence-electron chi connectivity index (χ0n) is 10.7. The predicted molar refractivity (Wildman–Crippen MR) is 69.0 cm³/mol. The van der Waals surface area contributed by atoms with E-state index >= 15 is 0 Å². The van der Waals surface area contributed by atoms with Crippen LogP contribution in [0, 0.1) is 5.92 Å². The molecule has 1 amide bonds. The van der Waals surface area contributed by atoms with E-state index in [-0.39, 0.29) is 11.8 Å². The van der Waals surface area contributed by atoms with Crippen LogP contribution in [0.1, 0.15) is 36.7 Å². The van der Waals surface area contributed by atoms with E-state index in [0.29, 0.717) is 12.1 Å². The minimum atomic E-state index is -0.493. The van der Waals surface area contributed by atoms with Crippen molar-refractivity contribution in [3.63, 3.8) is 0 Å². The Hall–Kier alpha value is -1.35. The van der Waals surface area contributed by atoms with E-state index < -0.39 is 6.10 Å². The summed E-state index contributed by atoms with van der Waals surface area (Å²) in [5.41, 5.74) is 1.73. The summed E-state index contributed by atoms with van der Waals surface area (Å²) in [5, 5.41) is 12.4. The molecule has 0 aromatic heterocycles. The quantitative estimate of drug-likeness (QED) is 0.820. The highest BCUT2D eigenvalue weighted by molar-refractivity contribution is 5.95. The van der Waals surface area contributed by atoms with Gasteiger partial charge in [-0.1, -0.05) is 39.0 Å². The summed E-state index contributed by atoms with van der Waals surface area (Å²) in [4.78, 5) is 11.9. The molecule has 3 heteroatoms. The molecule has 1 aromatic carbocycles. The second-order valence-corrected chi connectivity index (χ2v) is 4.53. The van der Waals surface area contributed by atoms with Gasteiger partial charge in [0.1, 0.15) is 0 Å². The summed E-state index contributed by atoms with van der Waals surface area (Å²) in [6.07, 6.45) is 0.337. The topological polar surface area (TPSA) is 49.3 Å². The number of carbonyl (C=O) groups excluding carboxylic acids is 1. The molecule has 0 aliphatic rings. The van der Waals surface area contributed by atoms with Crippen molar-refractivity contribution < 1.29 is 9.90 Å². The summed E-state index contributed by atoms with van der Waals surface area (Å²) >= 11 is 0. The zero-order chi connectivity index (χ0) is 12.8. The van der Waals surface area contributed by atoms with Gasteiger partial charge in [-0.25, -0.2) is 0 Å². The monoisotopic (exact) mass is 235 g/mol. The van der Waals surface area contributed by atoms with E-state index in [2.05, 4.69) is 5.32 Å². The first-order valence-corrected chi connectivity index (χ1v) is 6.10. The molecule has 0 saturated carbocycles. The molecule has 2 N–H and O–H groups in total. The van der Waals surface area contributed by atoms with E-state index in [1.165, 1.54) is 0 Å². The van der Waals surface area contributed by atoms with Crippen molar-refractivity contribution in [2.45, 2.75) is 33.3 Å². The molecule has 0 aliphatic heterocycles. The first-order chi connectivity index (χ1) is 8.06. The third-order valence-electron chi connectivity index (χ3n) is 2.88. The van der Waals surface area contributed by atoms with Crippen molar-refractivity contribution in [1.29, 1.82) is 0 Å². The van der Waals surface area contributed by atoms with Gasteiger partial charge in [0.25, 0.3) is 5.91 Å². The normalized spacial score (nSPS) is 12.5. The van der Waals surface area contributed by atoms with Gasteiger partial charge >= 0.3 is 0 Å². The minimum absolute atomic E-state index is 0.109. The highest BCUT2D eigenvalue weighted by atomic mass is 16.3. The molecule has 1 unspecified atom stereocenters. The standard InChI is InChI=1S/C14H21NO2/c1-4-11-7-5-6-8-12(11)14(17)15-9-13(16)10(2)3/h5-8,10,13,16H,4,9H2,1-3H3,(H,15,17). The number of aliphatic hydroxyl groups is 1. The molecule has 1 atom stereocenters. The van der Waals surface area contributed by atoms with Gasteiger partial charge in [0.2, 0.25) is 0 Å². The van der Waals surface area contributed by atoms with Crippen LogP contribution in [0.15, 0.2) is 24.3 Å². The Morgan fingerprint density at radius 2 is 2.00 bits per heavy atom. The van der Waals surface area contributed by atoms with Gasteiger partial charge in [0.05, 0.1) is 6.10 Å². The lowest BCUT2D eigenvalue weighted by atomic mass is 10.0. The van der Waals surface area contributed by atoms with Gasteiger partial charge in [-0.3, -0.25) is 4.79 Å². The Kier molecular flexibility index (Phi) is 5.16. The van der Waals surface area contributed by atoms with Crippen LogP contribution in [-0.2, 0) is 6.42 Å². The average Bonchev–Trinajstić information content (AvgIpc) is 2.35. The van der Waals surface area contributed by atoms with E-state index in [0.717, 1.165) is 12.0 Å². The lowest BCUT2D eigenvalue weighted by molar-refractivity contribution is 0.0871. The Bertz CT molecular complexity index is 374. The number of benzene rings is 1. The Labute approximate surface area is 103 Å². The maximum Gasteiger partial charge on any atom is 0.251 e. The molecule has 0 aliphatic carbocycles. The summed E-state index contributed by atoms with van der Waals surface area (Å²) in [6, 6.07) is 7.55. The molecule has 1 aromatic rings. The number of aliphatic hydroxyl groups excluding tert-OH is 1. The van der Waals surface area contributed by atoms with Crippen LogP contribution in [0.25, 0.3) is 0 Å². The molecule has 0 spiro atoms. The largest absolute Gasteiger partial charge is 0.391 e. The smallest absolute Gasteiger partial charge is 0.251 e. The molecular weight excluding hydrogens is 214 g/mol. The van der Waals surface area contributed by atoms with Crippen LogP contribution in [0.5, 0.6) is 0 Å². The molecule has 3 nitrogen and oxygen atoms in total. The van der Waals surface area contributed by atoms with Gasteiger partial charge < -0.3 is 10.4 Å². The van der Waals surface area contributed by atoms with Crippen molar-refractivity contribution in [1.82, 2.24) is 5.32 Å². The first kappa shape index (κ1) is 13.7. The van der Waals surface area contributed by atoms with Crippen LogP contribution in [-0.4, -0.2) is 23.7 Å². The Morgan fingerprint density at radius 1 is 1.35 bits per heavy atom. The lowest BCUT2D eigenvalue weighted by Gasteiger charge is -2.15. The molecule has 94 valence electrons. The zero-order valence-corrected chi connectivity index (χ0v) is 10.7. The number of rotatable bonds is 5. The molecule has 0 fully saturated rings. The number of hydrogen-bond acceptors (Lipinski definition) is 2. The summed E-state index contributed by atoms with van der Waals surface area (Å²) < 4.78 is 0. The maximum absolute atomic E-state index is 11.9. The van der Waals surface area contributed by atoms with Crippen molar-refractivity contribution in [2.75, 3.05) is 6.54 Å². The predicted octanol–water partition coefficient (Wildman–Crippen LogP) is 2.00. The highest BCUT2D eigenvalue weighted by Gasteiger charge is 2.13. The van der Waals surface area contributed by atoms with Gasteiger partial charge in [-0.15, -0.1) is 0 Å². The summed E-state index contributed by atoms with van der Waals surface area (Å²) in [6.45, 7) is 6.18. The maximum atomic E-state index is 11.9. The van der Waals surface area contributed by atoms with Crippen molar-refractivity contribution in [2.24, 2.45) is 5.92 Å². The van der Waals surface area contributed by atoms with Crippen molar-refractivity contribution in [3.05, 3.63) is 35.4 Å². The SMILES string of the molecule is CCc1ccccc1C(=O)NCC(O)C(C)C. The molecule has 0 radical (unpaired) electrons. The molecule has 0 saturated heterocycles. The van der Waals surface area contributed by atoms with Crippen LogP contribution < -0.4 is 5.32 Å². The van der Waals surface area contributed by atoms with Crippen molar-refractivity contribution in [3.8, 4) is 0 Å².